The van der Waals surface area contributed by atoms with Crippen LogP contribution in [0.3, 0.4) is 0 Å². The van der Waals surface area contributed by atoms with Gasteiger partial charge in [0.2, 0.25) is 21.8 Å². The lowest BCUT2D eigenvalue weighted by molar-refractivity contribution is -0.140. The van der Waals surface area contributed by atoms with Gasteiger partial charge in [0.1, 0.15) is 6.04 Å². The molecule has 0 saturated carbocycles. The smallest absolute Gasteiger partial charge is 0.242 e. The molecule has 2 aromatic rings. The maximum Gasteiger partial charge on any atom is 0.242 e. The van der Waals surface area contributed by atoms with Crippen molar-refractivity contribution in [3.05, 3.63) is 64.7 Å². The molecule has 0 spiro atoms. The fraction of sp³-hybridized carbons (Fsp3) is 0.440. The minimum atomic E-state index is -3.82. The van der Waals surface area contributed by atoms with Crippen molar-refractivity contribution in [2.45, 2.75) is 46.2 Å². The van der Waals surface area contributed by atoms with Crippen molar-refractivity contribution < 1.29 is 26.8 Å². The Morgan fingerprint density at radius 3 is 2.33 bits per heavy atom. The number of amides is 2. The summed E-state index contributed by atoms with van der Waals surface area (Å²) in [7, 11) is -3.82. The van der Waals surface area contributed by atoms with Crippen LogP contribution in [0.4, 0.5) is 14.5 Å². The number of carbonyl (C=O) groups is 2. The highest BCUT2D eigenvalue weighted by atomic mass is 35.5. The molecular formula is C25H32ClF2N3O4S. The molecule has 0 heterocycles. The summed E-state index contributed by atoms with van der Waals surface area (Å²) in [6.45, 7) is 6.01. The highest BCUT2D eigenvalue weighted by Crippen LogP contribution is 2.22. The van der Waals surface area contributed by atoms with Gasteiger partial charge in [-0.2, -0.15) is 0 Å². The molecule has 2 aromatic carbocycles. The zero-order valence-electron chi connectivity index (χ0n) is 20.8. The molecule has 0 radical (unpaired) electrons. The topological polar surface area (TPSA) is 86.8 Å². The van der Waals surface area contributed by atoms with Crippen molar-refractivity contribution in [1.82, 2.24) is 10.2 Å². The number of carbonyl (C=O) groups excluding carboxylic acids is 2. The lowest BCUT2D eigenvalue weighted by Crippen LogP contribution is -2.48. The van der Waals surface area contributed by atoms with Gasteiger partial charge in [-0.25, -0.2) is 17.2 Å². The van der Waals surface area contributed by atoms with Gasteiger partial charge in [0.15, 0.2) is 11.6 Å². The van der Waals surface area contributed by atoms with Crippen molar-refractivity contribution in [2.75, 3.05) is 23.7 Å². The first-order valence-electron chi connectivity index (χ1n) is 11.5. The highest BCUT2D eigenvalue weighted by molar-refractivity contribution is 7.92. The third-order valence-electron chi connectivity index (χ3n) is 5.44. The van der Waals surface area contributed by atoms with E-state index < -0.39 is 27.7 Å². The predicted octanol–water partition coefficient (Wildman–Crippen LogP) is 4.35. The highest BCUT2D eigenvalue weighted by Gasteiger charge is 2.27. The number of sulfonamides is 1. The molecule has 0 aliphatic heterocycles. The molecule has 2 rings (SSSR count). The van der Waals surface area contributed by atoms with E-state index in [1.165, 1.54) is 4.90 Å². The maximum absolute atomic E-state index is 13.7. The summed E-state index contributed by atoms with van der Waals surface area (Å²) < 4.78 is 52.5. The number of nitrogens with zero attached hydrogens (tertiary/aromatic N) is 2. The van der Waals surface area contributed by atoms with E-state index in [4.69, 9.17) is 11.6 Å². The molecule has 1 N–H and O–H groups in total. The molecule has 0 unspecified atom stereocenters. The Hall–Kier alpha value is -2.72. The molecule has 0 aliphatic rings. The Labute approximate surface area is 216 Å². The van der Waals surface area contributed by atoms with Crippen LogP contribution < -0.4 is 9.62 Å². The lowest BCUT2D eigenvalue weighted by Gasteiger charge is -2.29. The fourth-order valence-electron chi connectivity index (χ4n) is 3.51. The summed E-state index contributed by atoms with van der Waals surface area (Å²) >= 11 is 6.08. The molecular weight excluding hydrogens is 512 g/mol. The lowest BCUT2D eigenvalue weighted by atomic mass is 10.1. The Bertz CT molecular complexity index is 1180. The molecule has 198 valence electrons. The first-order valence-corrected chi connectivity index (χ1v) is 13.8. The largest absolute Gasteiger partial charge is 0.354 e. The van der Waals surface area contributed by atoms with E-state index in [1.807, 2.05) is 13.8 Å². The average molecular weight is 544 g/mol. The van der Waals surface area contributed by atoms with Crippen LogP contribution in [0.15, 0.2) is 42.5 Å². The SMILES string of the molecule is CC(C)CNC(=O)[C@H](C)N(Cc1cccc(Cl)c1)C(=O)CCCN(c1ccc(F)c(F)c1)S(C)(=O)=O. The van der Waals surface area contributed by atoms with Gasteiger partial charge < -0.3 is 10.2 Å². The standard InChI is InChI=1S/C25H32ClF2N3O4S/c1-17(2)15-29-25(33)18(3)30(16-19-7-5-8-20(26)13-19)24(32)9-6-12-31(36(4,34)35)21-10-11-22(27)23(28)14-21/h5,7-8,10-11,13-14,17-18H,6,9,12,15-16H2,1-4H3,(H,29,33)/t18-/m0/s1. The number of nitrogens with one attached hydrogen (secondary N) is 1. The normalized spacial score (nSPS) is 12.3. The number of anilines is 1. The zero-order chi connectivity index (χ0) is 27.0. The summed E-state index contributed by atoms with van der Waals surface area (Å²) in [6.07, 6.45) is 0.970. The Morgan fingerprint density at radius 1 is 1.06 bits per heavy atom. The van der Waals surface area contributed by atoms with E-state index in [9.17, 15) is 26.8 Å². The van der Waals surface area contributed by atoms with Crippen LogP contribution >= 0.6 is 11.6 Å². The van der Waals surface area contributed by atoms with Crippen LogP contribution in [0.25, 0.3) is 0 Å². The Kier molecular flexibility index (Phi) is 10.7. The van der Waals surface area contributed by atoms with Gasteiger partial charge in [0.05, 0.1) is 11.9 Å². The van der Waals surface area contributed by atoms with Crippen molar-refractivity contribution >= 4 is 39.1 Å². The molecule has 11 heteroatoms. The molecule has 1 atom stereocenters. The van der Waals surface area contributed by atoms with Gasteiger partial charge in [0, 0.05) is 37.1 Å². The van der Waals surface area contributed by atoms with Crippen molar-refractivity contribution in [1.29, 1.82) is 0 Å². The molecule has 0 fully saturated rings. The van der Waals surface area contributed by atoms with Crippen LogP contribution in [0.1, 0.15) is 39.2 Å². The van der Waals surface area contributed by atoms with Gasteiger partial charge in [-0.05, 0) is 49.1 Å². The Morgan fingerprint density at radius 2 is 1.75 bits per heavy atom. The predicted molar refractivity (Wildman–Crippen MR) is 137 cm³/mol. The second-order valence-electron chi connectivity index (χ2n) is 9.00. The third-order valence-corrected chi connectivity index (χ3v) is 6.87. The second kappa shape index (κ2) is 13.0. The van der Waals surface area contributed by atoms with E-state index in [0.29, 0.717) is 11.6 Å². The van der Waals surface area contributed by atoms with Crippen LogP contribution in [0.2, 0.25) is 5.02 Å². The van der Waals surface area contributed by atoms with Crippen LogP contribution in [-0.2, 0) is 26.2 Å². The molecule has 0 bridgehead atoms. The second-order valence-corrected chi connectivity index (χ2v) is 11.3. The van der Waals surface area contributed by atoms with Crippen LogP contribution in [-0.4, -0.2) is 50.5 Å². The van der Waals surface area contributed by atoms with Gasteiger partial charge in [-0.15, -0.1) is 0 Å². The molecule has 0 aromatic heterocycles. The third kappa shape index (κ3) is 8.74. The minimum absolute atomic E-state index is 0.0407. The Balaban J connectivity index is 2.18. The summed E-state index contributed by atoms with van der Waals surface area (Å²) in [5.41, 5.74) is 0.694. The van der Waals surface area contributed by atoms with Crippen molar-refractivity contribution in [2.24, 2.45) is 5.92 Å². The van der Waals surface area contributed by atoms with E-state index in [0.717, 1.165) is 34.3 Å². The van der Waals surface area contributed by atoms with Crippen molar-refractivity contribution in [3.8, 4) is 0 Å². The van der Waals surface area contributed by atoms with E-state index in [2.05, 4.69) is 5.32 Å². The minimum Gasteiger partial charge on any atom is -0.354 e. The van der Waals surface area contributed by atoms with Gasteiger partial charge >= 0.3 is 0 Å². The number of rotatable bonds is 12. The zero-order valence-corrected chi connectivity index (χ0v) is 22.4. The number of hydrogen-bond donors (Lipinski definition) is 1. The number of benzene rings is 2. The molecule has 0 saturated heterocycles. The molecule has 0 aliphatic carbocycles. The number of halogens is 3. The van der Waals surface area contributed by atoms with Crippen LogP contribution in [0, 0.1) is 17.6 Å². The van der Waals surface area contributed by atoms with Crippen LogP contribution in [0.5, 0.6) is 0 Å². The average Bonchev–Trinajstić information content (AvgIpc) is 2.79. The first-order chi connectivity index (χ1) is 16.8. The molecule has 36 heavy (non-hydrogen) atoms. The van der Waals surface area contributed by atoms with E-state index in [1.54, 1.807) is 31.2 Å². The molecule has 7 nitrogen and oxygen atoms in total. The van der Waals surface area contributed by atoms with E-state index >= 15 is 0 Å². The van der Waals surface area contributed by atoms with E-state index in [-0.39, 0.29) is 49.4 Å². The number of hydrogen-bond acceptors (Lipinski definition) is 4. The van der Waals surface area contributed by atoms with Gasteiger partial charge in [-0.1, -0.05) is 37.6 Å². The van der Waals surface area contributed by atoms with Crippen molar-refractivity contribution in [3.63, 3.8) is 0 Å². The first kappa shape index (κ1) is 29.5. The van der Waals surface area contributed by atoms with Gasteiger partial charge in [0.25, 0.3) is 0 Å². The summed E-state index contributed by atoms with van der Waals surface area (Å²) in [5, 5.41) is 3.32. The summed E-state index contributed by atoms with van der Waals surface area (Å²) in [6, 6.07) is 8.96. The monoisotopic (exact) mass is 543 g/mol. The summed E-state index contributed by atoms with van der Waals surface area (Å²) in [5.74, 6) is -2.70. The maximum atomic E-state index is 13.7. The summed E-state index contributed by atoms with van der Waals surface area (Å²) in [4.78, 5) is 27.4. The molecule has 2 amide bonds. The quantitative estimate of drug-likeness (QED) is 0.431. The fourth-order valence-corrected chi connectivity index (χ4v) is 4.68. The van der Waals surface area contributed by atoms with Gasteiger partial charge in [-0.3, -0.25) is 13.9 Å².